The fourth-order valence-corrected chi connectivity index (χ4v) is 5.55. The number of nitrogens with zero attached hydrogens (tertiary/aromatic N) is 2. The van der Waals surface area contributed by atoms with E-state index in [4.69, 9.17) is 14.2 Å². The van der Waals surface area contributed by atoms with Gasteiger partial charge in [-0.25, -0.2) is 14.5 Å². The zero-order valence-electron chi connectivity index (χ0n) is 18.7. The third kappa shape index (κ3) is 2.35. The van der Waals surface area contributed by atoms with Gasteiger partial charge in [0.15, 0.2) is 0 Å². The van der Waals surface area contributed by atoms with Crippen molar-refractivity contribution < 1.29 is 23.8 Å². The van der Waals surface area contributed by atoms with E-state index in [1.54, 1.807) is 23.0 Å². The third-order valence-corrected chi connectivity index (χ3v) is 6.75. The van der Waals surface area contributed by atoms with E-state index < -0.39 is 23.6 Å². The number of methoxy groups -OCH3 is 1. The molecule has 3 aromatic rings. The van der Waals surface area contributed by atoms with Crippen LogP contribution in [0.4, 0.5) is 21.0 Å². The fourth-order valence-electron chi connectivity index (χ4n) is 5.55. The number of hydrogen-bond donors (Lipinski definition) is 1. The van der Waals surface area contributed by atoms with E-state index in [2.05, 4.69) is 5.32 Å². The van der Waals surface area contributed by atoms with Gasteiger partial charge in [-0.15, -0.1) is 0 Å². The second-order valence-electron chi connectivity index (χ2n) is 8.34. The van der Waals surface area contributed by atoms with Gasteiger partial charge in [0.2, 0.25) is 5.66 Å². The number of benzene rings is 3. The van der Waals surface area contributed by atoms with E-state index in [-0.39, 0.29) is 6.03 Å². The highest BCUT2D eigenvalue weighted by molar-refractivity contribution is 6.13. The first-order valence-electron chi connectivity index (χ1n) is 11.1. The molecule has 3 amide bonds. The smallest absolute Gasteiger partial charge is 0.411 e. The van der Waals surface area contributed by atoms with Crippen molar-refractivity contribution in [3.05, 3.63) is 90.0 Å². The Balaban J connectivity index is 1.71. The lowest BCUT2D eigenvalue weighted by molar-refractivity contribution is -0.0647. The van der Waals surface area contributed by atoms with Crippen molar-refractivity contribution in [1.29, 1.82) is 0 Å². The molecule has 0 aromatic heterocycles. The molecule has 0 aliphatic carbocycles. The molecule has 8 heteroatoms. The predicted octanol–water partition coefficient (Wildman–Crippen LogP) is 4.52. The summed E-state index contributed by atoms with van der Waals surface area (Å²) >= 11 is 0. The summed E-state index contributed by atoms with van der Waals surface area (Å²) in [5.41, 5.74) is -0.292. The SMILES string of the molecule is CCOC1c2ccc(OC)cc2N2C(=O)N(c3ccccc3)C3(c4ccccc4)OC(=O)NC123. The van der Waals surface area contributed by atoms with E-state index in [0.717, 1.165) is 5.56 Å². The second-order valence-corrected chi connectivity index (χ2v) is 8.34. The van der Waals surface area contributed by atoms with Crippen LogP contribution in [-0.2, 0) is 15.2 Å². The number of rotatable bonds is 5. The zero-order valence-corrected chi connectivity index (χ0v) is 18.7. The van der Waals surface area contributed by atoms with Crippen LogP contribution in [0.1, 0.15) is 24.2 Å². The normalized spacial score (nSPS) is 26.6. The van der Waals surface area contributed by atoms with Crippen LogP contribution in [-0.4, -0.2) is 31.5 Å². The van der Waals surface area contributed by atoms with Crippen LogP contribution in [0.3, 0.4) is 0 Å². The predicted molar refractivity (Wildman–Crippen MR) is 125 cm³/mol. The van der Waals surface area contributed by atoms with Crippen LogP contribution < -0.4 is 19.9 Å². The van der Waals surface area contributed by atoms with E-state index in [1.165, 1.54) is 0 Å². The van der Waals surface area contributed by atoms with Gasteiger partial charge in [-0.05, 0) is 25.1 Å². The molecular formula is C26H23N3O5. The summed E-state index contributed by atoms with van der Waals surface area (Å²) in [5.74, 6) is 0.590. The molecule has 34 heavy (non-hydrogen) atoms. The Morgan fingerprint density at radius 3 is 2.35 bits per heavy atom. The minimum Gasteiger partial charge on any atom is -0.497 e. The monoisotopic (exact) mass is 457 g/mol. The number of hydrogen-bond acceptors (Lipinski definition) is 5. The summed E-state index contributed by atoms with van der Waals surface area (Å²) in [7, 11) is 1.57. The summed E-state index contributed by atoms with van der Waals surface area (Å²) in [5, 5.41) is 3.02. The molecule has 1 spiro atoms. The number of alkyl carbamates (subject to hydrolysis) is 1. The van der Waals surface area contributed by atoms with Gasteiger partial charge in [-0.1, -0.05) is 54.6 Å². The van der Waals surface area contributed by atoms with Crippen molar-refractivity contribution >= 4 is 23.5 Å². The number of carbonyl (C=O) groups excluding carboxylic acids is 2. The molecule has 0 saturated carbocycles. The first-order chi connectivity index (χ1) is 16.6. The maximum Gasteiger partial charge on any atom is 0.411 e. The number of anilines is 2. The molecule has 2 fully saturated rings. The average Bonchev–Trinajstić information content (AvgIpc) is 3.39. The Labute approximate surface area is 196 Å². The molecule has 3 heterocycles. The highest BCUT2D eigenvalue weighted by Gasteiger charge is 2.82. The fraction of sp³-hybridized carbons (Fsp3) is 0.231. The van der Waals surface area contributed by atoms with Crippen molar-refractivity contribution in [2.45, 2.75) is 24.4 Å². The molecule has 172 valence electrons. The van der Waals surface area contributed by atoms with Crippen LogP contribution in [0.5, 0.6) is 5.75 Å². The maximum absolute atomic E-state index is 14.3. The highest BCUT2D eigenvalue weighted by Crippen LogP contribution is 2.64. The van der Waals surface area contributed by atoms with Crippen molar-refractivity contribution in [3.8, 4) is 5.75 Å². The second kappa shape index (κ2) is 7.23. The largest absolute Gasteiger partial charge is 0.497 e. The van der Waals surface area contributed by atoms with E-state index in [0.29, 0.717) is 29.3 Å². The summed E-state index contributed by atoms with van der Waals surface area (Å²) in [4.78, 5) is 30.6. The van der Waals surface area contributed by atoms with Gasteiger partial charge in [-0.2, -0.15) is 0 Å². The molecular weight excluding hydrogens is 434 g/mol. The molecule has 3 aliphatic rings. The molecule has 6 rings (SSSR count). The molecule has 3 aromatic carbocycles. The quantitative estimate of drug-likeness (QED) is 0.609. The van der Waals surface area contributed by atoms with E-state index in [9.17, 15) is 9.59 Å². The van der Waals surface area contributed by atoms with Crippen molar-refractivity contribution in [2.24, 2.45) is 0 Å². The van der Waals surface area contributed by atoms with Crippen molar-refractivity contribution in [1.82, 2.24) is 5.32 Å². The highest BCUT2D eigenvalue weighted by atomic mass is 16.6. The Kier molecular flexibility index (Phi) is 4.37. The number of nitrogens with one attached hydrogen (secondary N) is 1. The Hall–Kier alpha value is -4.04. The van der Waals surface area contributed by atoms with Gasteiger partial charge in [-0.3, -0.25) is 10.2 Å². The Morgan fingerprint density at radius 2 is 1.68 bits per heavy atom. The summed E-state index contributed by atoms with van der Waals surface area (Å²) in [6.45, 7) is 2.25. The molecule has 0 bridgehead atoms. The van der Waals surface area contributed by atoms with Crippen LogP contribution in [0.25, 0.3) is 0 Å². The lowest BCUT2D eigenvalue weighted by atomic mass is 9.84. The molecule has 3 atom stereocenters. The Bertz CT molecular complexity index is 1280. The number of carbonyl (C=O) groups is 2. The van der Waals surface area contributed by atoms with Gasteiger partial charge in [0.25, 0.3) is 5.72 Å². The number of amides is 3. The summed E-state index contributed by atoms with van der Waals surface area (Å²) < 4.78 is 17.9. The van der Waals surface area contributed by atoms with E-state index >= 15 is 0 Å². The Morgan fingerprint density at radius 1 is 0.971 bits per heavy atom. The van der Waals surface area contributed by atoms with Crippen LogP contribution in [0.2, 0.25) is 0 Å². The van der Waals surface area contributed by atoms with Gasteiger partial charge in [0.05, 0.1) is 12.8 Å². The van der Waals surface area contributed by atoms with Crippen molar-refractivity contribution in [2.75, 3.05) is 23.5 Å². The summed E-state index contributed by atoms with van der Waals surface area (Å²) in [6, 6.07) is 23.7. The van der Waals surface area contributed by atoms with Gasteiger partial charge in [0, 0.05) is 29.5 Å². The van der Waals surface area contributed by atoms with Gasteiger partial charge < -0.3 is 14.2 Å². The molecule has 3 unspecified atom stereocenters. The minimum absolute atomic E-state index is 0.341. The minimum atomic E-state index is -1.53. The molecule has 2 saturated heterocycles. The third-order valence-electron chi connectivity index (χ3n) is 6.75. The van der Waals surface area contributed by atoms with Crippen molar-refractivity contribution in [3.63, 3.8) is 0 Å². The average molecular weight is 457 g/mol. The van der Waals surface area contributed by atoms with Crippen LogP contribution in [0, 0.1) is 0 Å². The molecule has 0 radical (unpaired) electrons. The lowest BCUT2D eigenvalue weighted by Gasteiger charge is -2.42. The standard InChI is InChI=1S/C26H23N3O5/c1-3-33-22-20-15-14-19(32-2)16-21(20)29-24(31)28(18-12-8-5-9-13-18)26(17-10-6-4-7-11-17)25(22,29)27-23(30)34-26/h4-16,22H,3H2,1-2H3,(H,27,30). The first kappa shape index (κ1) is 20.6. The number of para-hydroxylation sites is 1. The van der Waals surface area contributed by atoms with Crippen LogP contribution >= 0.6 is 0 Å². The number of fused-ring (bicyclic) bond motifs is 2. The lowest BCUT2D eigenvalue weighted by Crippen LogP contribution is -2.64. The van der Waals surface area contributed by atoms with Crippen LogP contribution in [0.15, 0.2) is 78.9 Å². The molecule has 8 nitrogen and oxygen atoms in total. The maximum atomic E-state index is 14.3. The molecule has 3 aliphatic heterocycles. The number of ether oxygens (including phenoxy) is 3. The van der Waals surface area contributed by atoms with E-state index in [1.807, 2.05) is 79.7 Å². The zero-order chi connectivity index (χ0) is 23.5. The number of urea groups is 1. The van der Waals surface area contributed by atoms with Gasteiger partial charge in [0.1, 0.15) is 11.9 Å². The summed E-state index contributed by atoms with van der Waals surface area (Å²) in [6.07, 6.45) is -1.32. The molecule has 1 N–H and O–H groups in total. The van der Waals surface area contributed by atoms with Gasteiger partial charge >= 0.3 is 12.1 Å². The first-order valence-corrected chi connectivity index (χ1v) is 11.1. The topological polar surface area (TPSA) is 80.3 Å².